The van der Waals surface area contributed by atoms with Crippen LogP contribution in [0, 0.1) is 0 Å². The van der Waals surface area contributed by atoms with Crippen LogP contribution in [0.4, 0.5) is 5.69 Å². The van der Waals surface area contributed by atoms with E-state index in [9.17, 15) is 14.4 Å². The van der Waals surface area contributed by atoms with Gasteiger partial charge in [-0.3, -0.25) is 14.4 Å². The molecule has 3 amide bonds. The van der Waals surface area contributed by atoms with Gasteiger partial charge in [-0.1, -0.05) is 0 Å². The summed E-state index contributed by atoms with van der Waals surface area (Å²) in [5.41, 5.74) is 1.61. The molecule has 2 heterocycles. The summed E-state index contributed by atoms with van der Waals surface area (Å²) >= 11 is 0. The van der Waals surface area contributed by atoms with E-state index in [1.807, 2.05) is 31.1 Å². The fourth-order valence-electron chi connectivity index (χ4n) is 3.19. The van der Waals surface area contributed by atoms with Gasteiger partial charge in [-0.25, -0.2) is 0 Å². The van der Waals surface area contributed by atoms with Crippen molar-refractivity contribution in [1.82, 2.24) is 14.7 Å². The summed E-state index contributed by atoms with van der Waals surface area (Å²) in [7, 11) is 5.51. The van der Waals surface area contributed by atoms with Gasteiger partial charge in [-0.05, 0) is 24.3 Å². The van der Waals surface area contributed by atoms with Crippen LogP contribution in [0.3, 0.4) is 0 Å². The second-order valence-electron chi connectivity index (χ2n) is 6.49. The van der Waals surface area contributed by atoms with Gasteiger partial charge in [-0.15, -0.1) is 0 Å². The van der Waals surface area contributed by atoms with E-state index >= 15 is 0 Å². The largest absolute Gasteiger partial charge is 0.378 e. The first-order chi connectivity index (χ1) is 11.4. The van der Waals surface area contributed by atoms with Crippen molar-refractivity contribution in [2.24, 2.45) is 0 Å². The molecule has 24 heavy (non-hydrogen) atoms. The van der Waals surface area contributed by atoms with Crippen LogP contribution in [0.5, 0.6) is 0 Å². The second kappa shape index (κ2) is 6.14. The molecule has 0 radical (unpaired) electrons. The third-order valence-electron chi connectivity index (χ3n) is 4.65. The number of hydrogen-bond donors (Lipinski definition) is 0. The molecule has 0 aromatic heterocycles. The van der Waals surface area contributed by atoms with Crippen LogP contribution in [0.25, 0.3) is 0 Å². The monoisotopic (exact) mass is 330 g/mol. The predicted octanol–water partition coefficient (Wildman–Crippen LogP) is -0.122. The minimum atomic E-state index is -0.560. The number of likely N-dealkylation sites (N-methyl/N-ethyl adjacent to an activating group) is 1. The van der Waals surface area contributed by atoms with Crippen LogP contribution < -0.4 is 4.90 Å². The smallest absolute Gasteiger partial charge is 0.254 e. The number of benzene rings is 1. The highest BCUT2D eigenvalue weighted by Crippen LogP contribution is 2.20. The number of piperazine rings is 2. The number of amides is 3. The van der Waals surface area contributed by atoms with Crippen LogP contribution >= 0.6 is 0 Å². The standard InChI is InChI=1S/C17H22N4O3/c1-18(2)13-6-4-12(5-7-13)16(23)20-8-9-21-14(10-20)17(24)19(3)11-15(21)22/h4-7,14H,8-11H2,1-3H3/t14-/m1/s1. The lowest BCUT2D eigenvalue weighted by atomic mass is 10.1. The summed E-state index contributed by atoms with van der Waals surface area (Å²) in [6, 6.07) is 6.82. The van der Waals surface area contributed by atoms with Gasteiger partial charge in [-0.2, -0.15) is 0 Å². The van der Waals surface area contributed by atoms with Gasteiger partial charge in [0, 0.05) is 45.5 Å². The molecular weight excluding hydrogens is 308 g/mol. The Balaban J connectivity index is 1.75. The molecule has 7 heteroatoms. The third-order valence-corrected chi connectivity index (χ3v) is 4.65. The minimum Gasteiger partial charge on any atom is -0.378 e. The molecule has 1 aromatic carbocycles. The zero-order valence-corrected chi connectivity index (χ0v) is 14.2. The van der Waals surface area contributed by atoms with Gasteiger partial charge in [0.25, 0.3) is 5.91 Å². The highest BCUT2D eigenvalue weighted by atomic mass is 16.2. The molecule has 2 fully saturated rings. The molecule has 128 valence electrons. The molecule has 3 rings (SSSR count). The molecule has 2 saturated heterocycles. The summed E-state index contributed by atoms with van der Waals surface area (Å²) in [4.78, 5) is 43.7. The van der Waals surface area contributed by atoms with Crippen LogP contribution in [0.2, 0.25) is 0 Å². The van der Waals surface area contributed by atoms with Crippen molar-refractivity contribution in [1.29, 1.82) is 0 Å². The Morgan fingerprint density at radius 3 is 2.42 bits per heavy atom. The molecular formula is C17H22N4O3. The zero-order chi connectivity index (χ0) is 17.4. The summed E-state index contributed by atoms with van der Waals surface area (Å²) < 4.78 is 0. The zero-order valence-electron chi connectivity index (χ0n) is 14.2. The van der Waals surface area contributed by atoms with E-state index in [2.05, 4.69) is 0 Å². The molecule has 0 bridgehead atoms. The van der Waals surface area contributed by atoms with Crippen molar-refractivity contribution in [2.75, 3.05) is 52.2 Å². The van der Waals surface area contributed by atoms with E-state index in [1.165, 1.54) is 4.90 Å². The first-order valence-corrected chi connectivity index (χ1v) is 7.99. The SMILES string of the molecule is CN1CC(=O)N2CCN(C(=O)c3ccc(N(C)C)cc3)C[C@@H]2C1=O. The Hall–Kier alpha value is -2.57. The Morgan fingerprint density at radius 2 is 1.79 bits per heavy atom. The lowest BCUT2D eigenvalue weighted by molar-refractivity contribution is -0.157. The van der Waals surface area contributed by atoms with Gasteiger partial charge in [0.05, 0.1) is 13.1 Å². The summed E-state index contributed by atoms with van der Waals surface area (Å²) in [5, 5.41) is 0. The van der Waals surface area contributed by atoms with Crippen LogP contribution in [-0.4, -0.2) is 85.8 Å². The van der Waals surface area contributed by atoms with E-state index in [1.54, 1.807) is 29.0 Å². The molecule has 0 N–H and O–H groups in total. The highest BCUT2D eigenvalue weighted by molar-refractivity contribution is 5.98. The van der Waals surface area contributed by atoms with E-state index in [0.29, 0.717) is 18.7 Å². The van der Waals surface area contributed by atoms with E-state index < -0.39 is 6.04 Å². The molecule has 1 atom stereocenters. The number of hydrogen-bond acceptors (Lipinski definition) is 4. The normalized spacial score (nSPS) is 21.0. The van der Waals surface area contributed by atoms with Gasteiger partial charge >= 0.3 is 0 Å². The Morgan fingerprint density at radius 1 is 1.12 bits per heavy atom. The maximum Gasteiger partial charge on any atom is 0.254 e. The lowest BCUT2D eigenvalue weighted by Gasteiger charge is -2.45. The first kappa shape index (κ1) is 16.3. The summed E-state index contributed by atoms with van der Waals surface area (Å²) in [6.45, 7) is 1.23. The van der Waals surface area contributed by atoms with Gasteiger partial charge in [0.15, 0.2) is 0 Å². The third kappa shape index (κ3) is 2.81. The summed E-state index contributed by atoms with van der Waals surface area (Å²) in [5.74, 6) is -0.256. The first-order valence-electron chi connectivity index (χ1n) is 7.99. The number of fused-ring (bicyclic) bond motifs is 1. The van der Waals surface area contributed by atoms with Crippen LogP contribution in [0.1, 0.15) is 10.4 Å². The maximum absolute atomic E-state index is 12.7. The van der Waals surface area contributed by atoms with Gasteiger partial charge in [0.1, 0.15) is 6.04 Å². The Labute approximate surface area is 141 Å². The predicted molar refractivity (Wildman–Crippen MR) is 89.8 cm³/mol. The van der Waals surface area contributed by atoms with Crippen molar-refractivity contribution in [3.05, 3.63) is 29.8 Å². The number of rotatable bonds is 2. The quantitative estimate of drug-likeness (QED) is 0.758. The van der Waals surface area contributed by atoms with Crippen molar-refractivity contribution < 1.29 is 14.4 Å². The molecule has 0 saturated carbocycles. The fourth-order valence-corrected chi connectivity index (χ4v) is 3.19. The summed E-state index contributed by atoms with van der Waals surface area (Å²) in [6.07, 6.45) is 0. The van der Waals surface area contributed by atoms with E-state index in [-0.39, 0.29) is 30.8 Å². The van der Waals surface area contributed by atoms with E-state index in [4.69, 9.17) is 0 Å². The molecule has 2 aliphatic heterocycles. The minimum absolute atomic E-state index is 0.0514. The van der Waals surface area contributed by atoms with Gasteiger partial charge in [0.2, 0.25) is 11.8 Å². The van der Waals surface area contributed by atoms with Crippen LogP contribution in [0.15, 0.2) is 24.3 Å². The average molecular weight is 330 g/mol. The highest BCUT2D eigenvalue weighted by Gasteiger charge is 2.42. The number of anilines is 1. The molecule has 2 aliphatic rings. The van der Waals surface area contributed by atoms with Gasteiger partial charge < -0.3 is 19.6 Å². The average Bonchev–Trinajstić information content (AvgIpc) is 2.58. The van der Waals surface area contributed by atoms with Crippen molar-refractivity contribution in [3.8, 4) is 0 Å². The number of carbonyl (C=O) groups excluding carboxylic acids is 3. The van der Waals surface area contributed by atoms with Crippen molar-refractivity contribution in [3.63, 3.8) is 0 Å². The maximum atomic E-state index is 12.7. The molecule has 0 unspecified atom stereocenters. The number of nitrogens with zero attached hydrogens (tertiary/aromatic N) is 4. The Bertz CT molecular complexity index is 671. The lowest BCUT2D eigenvalue weighted by Crippen LogP contribution is -2.66. The molecule has 0 aliphatic carbocycles. The second-order valence-corrected chi connectivity index (χ2v) is 6.49. The molecule has 1 aromatic rings. The Kier molecular flexibility index (Phi) is 4.17. The topological polar surface area (TPSA) is 64.2 Å². The number of carbonyl (C=O) groups is 3. The fraction of sp³-hybridized carbons (Fsp3) is 0.471. The van der Waals surface area contributed by atoms with Crippen molar-refractivity contribution in [2.45, 2.75) is 6.04 Å². The van der Waals surface area contributed by atoms with Crippen molar-refractivity contribution >= 4 is 23.4 Å². The van der Waals surface area contributed by atoms with Crippen LogP contribution in [-0.2, 0) is 9.59 Å². The van der Waals surface area contributed by atoms with E-state index in [0.717, 1.165) is 5.69 Å². The molecule has 7 nitrogen and oxygen atoms in total. The molecule has 0 spiro atoms.